The summed E-state index contributed by atoms with van der Waals surface area (Å²) in [5, 5.41) is 3.59. The maximum Gasteiger partial charge on any atom is 0.0780 e. The van der Waals surface area contributed by atoms with Crippen LogP contribution in [0.4, 0.5) is 5.69 Å². The highest BCUT2D eigenvalue weighted by molar-refractivity contribution is 5.80. The van der Waals surface area contributed by atoms with E-state index in [0.29, 0.717) is 0 Å². The number of aromatic nitrogens is 1. The highest BCUT2D eigenvalue weighted by Crippen LogP contribution is 2.44. The molecule has 1 aromatic heterocycles. The average Bonchev–Trinajstić information content (AvgIpc) is 2.84. The number of pyridine rings is 1. The van der Waals surface area contributed by atoms with Crippen molar-refractivity contribution in [2.75, 3.05) is 5.32 Å². The molecule has 0 saturated heterocycles. The van der Waals surface area contributed by atoms with Crippen LogP contribution in [-0.2, 0) is 0 Å². The Balaban J connectivity index is 1.83. The van der Waals surface area contributed by atoms with E-state index in [-0.39, 0.29) is 6.04 Å². The number of hydrogen-bond acceptors (Lipinski definition) is 2. The molecule has 20 heavy (non-hydrogen) atoms. The maximum atomic E-state index is 4.18. The molecule has 0 spiro atoms. The minimum atomic E-state index is 0.201. The van der Waals surface area contributed by atoms with Crippen molar-refractivity contribution >= 4 is 5.69 Å². The Kier molecular flexibility index (Phi) is 2.52. The van der Waals surface area contributed by atoms with Crippen LogP contribution in [0.3, 0.4) is 0 Å². The summed E-state index contributed by atoms with van der Waals surface area (Å²) in [5.41, 5.74) is 6.35. The maximum absolute atomic E-state index is 4.18. The third-order valence-electron chi connectivity index (χ3n) is 3.81. The van der Waals surface area contributed by atoms with Crippen molar-refractivity contribution in [1.82, 2.24) is 4.98 Å². The van der Waals surface area contributed by atoms with Gasteiger partial charge in [-0.15, -0.1) is 0 Å². The number of rotatable bonds is 2. The summed E-state index contributed by atoms with van der Waals surface area (Å²) in [6.45, 7) is 0. The number of fused-ring (bicyclic) bond motifs is 3. The fraction of sp³-hybridized carbons (Fsp3) is 0.0556. The van der Waals surface area contributed by atoms with Gasteiger partial charge in [0.05, 0.1) is 11.7 Å². The van der Waals surface area contributed by atoms with Gasteiger partial charge in [0.25, 0.3) is 0 Å². The normalized spacial score (nSPS) is 12.8. The minimum Gasteiger partial charge on any atom is -0.373 e. The second-order valence-corrected chi connectivity index (χ2v) is 4.99. The predicted octanol–water partition coefficient (Wildman–Crippen LogP) is 4.26. The molecule has 96 valence electrons. The van der Waals surface area contributed by atoms with E-state index < -0.39 is 0 Å². The standard InChI is InChI=1S/C18H14N2/c1-3-9-16-14(7-1)15-8-2-4-10-17(15)18(16)20-13-6-5-11-19-12-13/h1-12,18,20H. The molecule has 4 rings (SSSR count). The smallest absolute Gasteiger partial charge is 0.0780 e. The van der Waals surface area contributed by atoms with E-state index in [1.807, 2.05) is 12.3 Å². The highest BCUT2D eigenvalue weighted by atomic mass is 14.9. The molecule has 0 fully saturated rings. The zero-order valence-electron chi connectivity index (χ0n) is 11.0. The quantitative estimate of drug-likeness (QED) is 0.742. The third kappa shape index (κ3) is 1.69. The van der Waals surface area contributed by atoms with Gasteiger partial charge < -0.3 is 5.32 Å². The summed E-state index contributed by atoms with van der Waals surface area (Å²) in [6.07, 6.45) is 3.66. The van der Waals surface area contributed by atoms with E-state index in [4.69, 9.17) is 0 Å². The molecule has 0 atom stereocenters. The molecule has 0 unspecified atom stereocenters. The first kappa shape index (κ1) is 11.2. The van der Waals surface area contributed by atoms with Gasteiger partial charge in [-0.05, 0) is 34.4 Å². The minimum absolute atomic E-state index is 0.201. The van der Waals surface area contributed by atoms with Gasteiger partial charge in [0, 0.05) is 12.4 Å². The lowest BCUT2D eigenvalue weighted by atomic mass is 10.1. The molecule has 1 heterocycles. The van der Waals surface area contributed by atoms with Gasteiger partial charge in [0.2, 0.25) is 0 Å². The van der Waals surface area contributed by atoms with Crippen molar-refractivity contribution in [3.63, 3.8) is 0 Å². The van der Waals surface area contributed by atoms with Crippen LogP contribution < -0.4 is 5.32 Å². The first-order valence-electron chi connectivity index (χ1n) is 6.78. The molecule has 3 aromatic rings. The van der Waals surface area contributed by atoms with Gasteiger partial charge in [-0.25, -0.2) is 0 Å². The van der Waals surface area contributed by atoms with Crippen molar-refractivity contribution in [2.45, 2.75) is 6.04 Å². The van der Waals surface area contributed by atoms with Gasteiger partial charge in [-0.2, -0.15) is 0 Å². The Morgan fingerprint density at radius 1 is 0.750 bits per heavy atom. The predicted molar refractivity (Wildman–Crippen MR) is 81.6 cm³/mol. The molecule has 2 aromatic carbocycles. The lowest BCUT2D eigenvalue weighted by molar-refractivity contribution is 0.970. The number of anilines is 1. The fourth-order valence-electron chi connectivity index (χ4n) is 2.93. The van der Waals surface area contributed by atoms with Crippen molar-refractivity contribution < 1.29 is 0 Å². The Labute approximate surface area is 118 Å². The summed E-state index contributed by atoms with van der Waals surface area (Å²) >= 11 is 0. The second kappa shape index (κ2) is 4.49. The van der Waals surface area contributed by atoms with E-state index in [2.05, 4.69) is 64.9 Å². The van der Waals surface area contributed by atoms with Crippen LogP contribution in [-0.4, -0.2) is 4.98 Å². The Morgan fingerprint density at radius 2 is 1.40 bits per heavy atom. The first-order valence-corrected chi connectivity index (χ1v) is 6.78. The Morgan fingerprint density at radius 3 is 2.00 bits per heavy atom. The van der Waals surface area contributed by atoms with Crippen LogP contribution >= 0.6 is 0 Å². The summed E-state index contributed by atoms with van der Waals surface area (Å²) in [5.74, 6) is 0. The van der Waals surface area contributed by atoms with Gasteiger partial charge >= 0.3 is 0 Å². The second-order valence-electron chi connectivity index (χ2n) is 4.99. The van der Waals surface area contributed by atoms with Crippen LogP contribution in [0, 0.1) is 0 Å². The molecule has 1 N–H and O–H groups in total. The summed E-state index contributed by atoms with van der Waals surface area (Å²) in [7, 11) is 0. The lowest BCUT2D eigenvalue weighted by Crippen LogP contribution is -2.09. The van der Waals surface area contributed by atoms with Crippen molar-refractivity contribution in [3.8, 4) is 11.1 Å². The van der Waals surface area contributed by atoms with Crippen LogP contribution in [0.5, 0.6) is 0 Å². The van der Waals surface area contributed by atoms with Crippen molar-refractivity contribution in [3.05, 3.63) is 84.2 Å². The number of benzene rings is 2. The first-order chi connectivity index (χ1) is 9.93. The zero-order chi connectivity index (χ0) is 13.4. The number of hydrogen-bond donors (Lipinski definition) is 1. The van der Waals surface area contributed by atoms with Crippen molar-refractivity contribution in [2.24, 2.45) is 0 Å². The molecule has 2 nitrogen and oxygen atoms in total. The van der Waals surface area contributed by atoms with Gasteiger partial charge in [0.1, 0.15) is 0 Å². The van der Waals surface area contributed by atoms with E-state index in [9.17, 15) is 0 Å². The monoisotopic (exact) mass is 258 g/mol. The number of nitrogens with zero attached hydrogens (tertiary/aromatic N) is 1. The molecule has 0 radical (unpaired) electrons. The van der Waals surface area contributed by atoms with Crippen LogP contribution in [0.15, 0.2) is 73.1 Å². The Bertz CT molecular complexity index is 705. The molecular formula is C18H14N2. The molecule has 0 bridgehead atoms. The third-order valence-corrected chi connectivity index (χ3v) is 3.81. The van der Waals surface area contributed by atoms with E-state index >= 15 is 0 Å². The molecule has 2 heteroatoms. The van der Waals surface area contributed by atoms with Gasteiger partial charge in [0.15, 0.2) is 0 Å². The van der Waals surface area contributed by atoms with Crippen LogP contribution in [0.2, 0.25) is 0 Å². The van der Waals surface area contributed by atoms with Crippen molar-refractivity contribution in [1.29, 1.82) is 0 Å². The van der Waals surface area contributed by atoms with E-state index in [0.717, 1.165) is 5.69 Å². The molecule has 0 aliphatic heterocycles. The highest BCUT2D eigenvalue weighted by Gasteiger charge is 2.27. The lowest BCUT2D eigenvalue weighted by Gasteiger charge is -2.16. The summed E-state index contributed by atoms with van der Waals surface area (Å²) in [4.78, 5) is 4.18. The van der Waals surface area contributed by atoms with Crippen LogP contribution in [0.1, 0.15) is 17.2 Å². The zero-order valence-corrected chi connectivity index (χ0v) is 11.0. The van der Waals surface area contributed by atoms with Crippen LogP contribution in [0.25, 0.3) is 11.1 Å². The van der Waals surface area contributed by atoms with E-state index in [1.54, 1.807) is 6.20 Å². The van der Waals surface area contributed by atoms with Gasteiger partial charge in [-0.3, -0.25) is 4.98 Å². The molecule has 0 saturated carbocycles. The fourth-order valence-corrected chi connectivity index (χ4v) is 2.93. The average molecular weight is 258 g/mol. The summed E-state index contributed by atoms with van der Waals surface area (Å²) < 4.78 is 0. The molecular weight excluding hydrogens is 244 g/mol. The topological polar surface area (TPSA) is 24.9 Å². The molecule has 1 aliphatic rings. The van der Waals surface area contributed by atoms with Gasteiger partial charge in [-0.1, -0.05) is 48.5 Å². The molecule has 1 aliphatic carbocycles. The summed E-state index contributed by atoms with van der Waals surface area (Å²) in [6, 6.07) is 21.4. The molecule has 0 amide bonds. The Hall–Kier alpha value is -2.61. The SMILES string of the molecule is c1cncc(NC2c3ccccc3-c3ccccc32)c1. The van der Waals surface area contributed by atoms with E-state index in [1.165, 1.54) is 22.3 Å². The number of nitrogens with one attached hydrogen (secondary N) is 1. The largest absolute Gasteiger partial charge is 0.373 e.